The summed E-state index contributed by atoms with van der Waals surface area (Å²) in [6.07, 6.45) is -25.1. The van der Waals surface area contributed by atoms with E-state index in [-0.39, 0.29) is 18.9 Å². The molecule has 3 fully saturated rings. The number of aliphatic hydroxyl groups excluding tert-OH is 5. The molecule has 2 aliphatic heterocycles. The Morgan fingerprint density at radius 3 is 1.30 bits per heavy atom. The molecule has 0 aromatic carbocycles. The lowest BCUT2D eigenvalue weighted by molar-refractivity contribution is -0.321. The van der Waals surface area contributed by atoms with Crippen LogP contribution in [0.2, 0.25) is 0 Å². The monoisotopic (exact) mass is 1050 g/mol. The number of likely N-dealkylation sites (N-methyl/N-ethyl adjacent to an activating group) is 1. The minimum Gasteiger partial charge on any atom is -0.444 e. The van der Waals surface area contributed by atoms with E-state index >= 15 is 0 Å². The SMILES string of the molecule is CCC(=O)N(C)CC1OC(OC2C(NC(=O)OC(C)(C)C)CC(NC(=O)OC(C)(C)C)C(OC3OC(CNC(=O)OC(C)(C)C)C(O)C(O)C3NC(=O)OC(C)(C)C)C2O)C(O)C(NC(=O)OC(C)(C)C)C1O. The van der Waals surface area contributed by atoms with Crippen molar-refractivity contribution < 1.29 is 96.9 Å². The third-order valence-electron chi connectivity index (χ3n) is 10.8. The van der Waals surface area contributed by atoms with Gasteiger partial charge in [-0.2, -0.15) is 0 Å². The van der Waals surface area contributed by atoms with Gasteiger partial charge in [0.05, 0.1) is 18.1 Å². The fourth-order valence-electron chi connectivity index (χ4n) is 7.83. The van der Waals surface area contributed by atoms with E-state index in [0.717, 1.165) is 0 Å². The highest BCUT2D eigenvalue weighted by Crippen LogP contribution is 2.34. The van der Waals surface area contributed by atoms with Crippen LogP contribution in [0.15, 0.2) is 0 Å². The Morgan fingerprint density at radius 1 is 0.493 bits per heavy atom. The van der Waals surface area contributed by atoms with Gasteiger partial charge < -0.3 is 99.6 Å². The first-order chi connectivity index (χ1) is 33.2. The lowest BCUT2D eigenvalue weighted by atomic mass is 9.83. The Hall–Kier alpha value is -4.54. The van der Waals surface area contributed by atoms with Crippen molar-refractivity contribution in [2.24, 2.45) is 0 Å². The van der Waals surface area contributed by atoms with Crippen LogP contribution >= 0.6 is 0 Å². The van der Waals surface area contributed by atoms with Crippen LogP contribution in [0.25, 0.3) is 0 Å². The number of carbonyl (C=O) groups excluding carboxylic acids is 6. The van der Waals surface area contributed by atoms with Gasteiger partial charge >= 0.3 is 30.5 Å². The lowest BCUT2D eigenvalue weighted by Crippen LogP contribution is -2.71. The second-order valence-corrected chi connectivity index (χ2v) is 23.3. The summed E-state index contributed by atoms with van der Waals surface area (Å²) in [6.45, 7) is 24.7. The topological polar surface area (TPSA) is 350 Å². The number of nitrogens with one attached hydrogen (secondary N) is 5. The summed E-state index contributed by atoms with van der Waals surface area (Å²) in [6, 6.07) is -6.11. The summed E-state index contributed by atoms with van der Waals surface area (Å²) >= 11 is 0. The molecule has 26 heteroatoms. The van der Waals surface area contributed by atoms with Gasteiger partial charge in [-0.05, 0) is 110 Å². The van der Waals surface area contributed by atoms with Crippen LogP contribution in [-0.4, -0.2) is 207 Å². The molecule has 10 N–H and O–H groups in total. The zero-order valence-corrected chi connectivity index (χ0v) is 45.3. The predicted molar refractivity (Wildman–Crippen MR) is 257 cm³/mol. The third kappa shape index (κ3) is 20.3. The van der Waals surface area contributed by atoms with Crippen molar-refractivity contribution in [3.8, 4) is 0 Å². The van der Waals surface area contributed by atoms with E-state index in [4.69, 9.17) is 42.6 Å². The summed E-state index contributed by atoms with van der Waals surface area (Å²) in [7, 11) is 1.44. The van der Waals surface area contributed by atoms with Gasteiger partial charge in [0.2, 0.25) is 5.91 Å². The second kappa shape index (κ2) is 24.9. The first-order valence-electron chi connectivity index (χ1n) is 24.4. The standard InChI is InChI=1S/C47H84N6O20/c1-18-26(54)53(17)21-25-29(55)27(51-41(63)72-46(11,12)13)32(58)37(66-25)68-35-23(50-40(62)71-45(8,9)10)19-22(49-39(61)70-44(5,6)7)34(33(35)59)67-36-28(52-42(64)73-47(14,15)16)31(57)30(56)24(65-36)20-48-38(60)69-43(2,3)4/h22-25,27-37,55-59H,18-21H2,1-17H3,(H,48,60)(H,49,61)(H,50,62)(H,51,63)(H,52,64). The maximum Gasteiger partial charge on any atom is 0.408 e. The molecule has 73 heavy (non-hydrogen) atoms. The predicted octanol–water partition coefficient (Wildman–Crippen LogP) is 1.38. The van der Waals surface area contributed by atoms with Crippen molar-refractivity contribution in [2.75, 3.05) is 20.1 Å². The normalized spacial score (nSPS) is 31.2. The first-order valence-corrected chi connectivity index (χ1v) is 24.4. The largest absolute Gasteiger partial charge is 0.444 e. The molecule has 15 unspecified atom stereocenters. The Labute approximate surface area is 427 Å². The first kappa shape index (κ1) is 62.8. The van der Waals surface area contributed by atoms with Gasteiger partial charge in [0, 0.05) is 26.6 Å². The number of rotatable bonds is 13. The third-order valence-corrected chi connectivity index (χ3v) is 10.8. The highest BCUT2D eigenvalue weighted by Gasteiger charge is 2.55. The van der Waals surface area contributed by atoms with Gasteiger partial charge in [0.25, 0.3) is 0 Å². The zero-order valence-electron chi connectivity index (χ0n) is 45.3. The van der Waals surface area contributed by atoms with Crippen LogP contribution in [0.4, 0.5) is 24.0 Å². The van der Waals surface area contributed by atoms with Gasteiger partial charge in [-0.3, -0.25) is 4.79 Å². The van der Waals surface area contributed by atoms with Crippen molar-refractivity contribution >= 4 is 36.4 Å². The maximum atomic E-state index is 13.6. The Morgan fingerprint density at radius 2 is 0.877 bits per heavy atom. The number of hydrogen-bond acceptors (Lipinski definition) is 20. The highest BCUT2D eigenvalue weighted by molar-refractivity contribution is 5.75. The number of aliphatic hydroxyl groups is 5. The number of nitrogens with zero attached hydrogens (tertiary/aromatic N) is 1. The maximum absolute atomic E-state index is 13.6. The molecule has 2 saturated heterocycles. The van der Waals surface area contributed by atoms with E-state index in [9.17, 15) is 54.3 Å². The summed E-state index contributed by atoms with van der Waals surface area (Å²) in [5.41, 5.74) is -5.13. The fourth-order valence-corrected chi connectivity index (χ4v) is 7.83. The smallest absolute Gasteiger partial charge is 0.408 e. The number of carbonyl (C=O) groups is 6. The van der Waals surface area contributed by atoms with Crippen LogP contribution in [-0.2, 0) is 47.4 Å². The molecule has 0 aromatic rings. The Balaban J connectivity index is 2.23. The number of alkyl carbamates (subject to hydrolysis) is 5. The van der Waals surface area contributed by atoms with Crippen molar-refractivity contribution in [1.82, 2.24) is 31.5 Å². The highest BCUT2D eigenvalue weighted by atomic mass is 16.7. The number of hydrogen-bond donors (Lipinski definition) is 10. The molecule has 2 heterocycles. The van der Waals surface area contributed by atoms with Gasteiger partial charge in [-0.1, -0.05) is 6.92 Å². The molecular formula is C47H84N6O20. The second-order valence-electron chi connectivity index (χ2n) is 23.3. The Kier molecular flexibility index (Phi) is 21.4. The molecule has 15 atom stereocenters. The summed E-state index contributed by atoms with van der Waals surface area (Å²) < 4.78 is 52.5. The molecule has 0 radical (unpaired) electrons. The quantitative estimate of drug-likeness (QED) is 0.116. The molecule has 3 aliphatic rings. The van der Waals surface area contributed by atoms with Crippen LogP contribution < -0.4 is 26.6 Å². The average Bonchev–Trinajstić information content (AvgIpc) is 3.19. The van der Waals surface area contributed by atoms with Crippen LogP contribution in [0, 0.1) is 0 Å². The summed E-state index contributed by atoms with van der Waals surface area (Å²) in [5.74, 6) is -0.353. The van der Waals surface area contributed by atoms with Crippen molar-refractivity contribution in [3.63, 3.8) is 0 Å². The minimum absolute atomic E-state index is 0.0729. The van der Waals surface area contributed by atoms with Crippen molar-refractivity contribution in [3.05, 3.63) is 0 Å². The lowest BCUT2D eigenvalue weighted by Gasteiger charge is -2.50. The molecule has 26 nitrogen and oxygen atoms in total. The molecular weight excluding hydrogens is 969 g/mol. The van der Waals surface area contributed by atoms with E-state index in [2.05, 4.69) is 26.6 Å². The molecule has 0 aromatic heterocycles. The van der Waals surface area contributed by atoms with Gasteiger partial charge in [-0.25, -0.2) is 24.0 Å². The van der Waals surface area contributed by atoms with E-state index in [1.807, 2.05) is 0 Å². The molecule has 6 amide bonds. The van der Waals surface area contributed by atoms with E-state index in [1.54, 1.807) is 111 Å². The Bertz CT molecular complexity index is 1880. The molecule has 422 valence electrons. The summed E-state index contributed by atoms with van der Waals surface area (Å²) in [4.78, 5) is 80.4. The minimum atomic E-state index is -2.07. The molecule has 0 bridgehead atoms. The van der Waals surface area contributed by atoms with Crippen molar-refractivity contribution in [2.45, 2.75) is 243 Å². The van der Waals surface area contributed by atoms with E-state index in [0.29, 0.717) is 0 Å². The number of amides is 6. The van der Waals surface area contributed by atoms with Crippen LogP contribution in [0.3, 0.4) is 0 Å². The molecule has 3 rings (SSSR count). The molecule has 0 spiro atoms. The van der Waals surface area contributed by atoms with Gasteiger partial charge in [0.15, 0.2) is 12.6 Å². The zero-order chi connectivity index (χ0) is 55.9. The van der Waals surface area contributed by atoms with Gasteiger partial charge in [0.1, 0.15) is 89.0 Å². The number of ether oxygens (including phenoxy) is 9. The van der Waals surface area contributed by atoms with Crippen molar-refractivity contribution in [1.29, 1.82) is 0 Å². The summed E-state index contributed by atoms with van der Waals surface area (Å²) in [5, 5.41) is 71.8. The average molecular weight is 1050 g/mol. The fraction of sp³-hybridized carbons (Fsp3) is 0.872. The van der Waals surface area contributed by atoms with Crippen LogP contribution in [0.1, 0.15) is 124 Å². The van der Waals surface area contributed by atoms with E-state index in [1.165, 1.54) is 11.9 Å². The molecule has 1 saturated carbocycles. The van der Waals surface area contributed by atoms with E-state index < -0.39 is 163 Å². The van der Waals surface area contributed by atoms with Crippen LogP contribution in [0.5, 0.6) is 0 Å². The van der Waals surface area contributed by atoms with Gasteiger partial charge in [-0.15, -0.1) is 0 Å². The molecule has 1 aliphatic carbocycles.